The van der Waals surface area contributed by atoms with Crippen LogP contribution in [0.15, 0.2) is 22.7 Å². The molecule has 158 valence electrons. The lowest BCUT2D eigenvalue weighted by molar-refractivity contribution is 0.0299. The molecule has 0 bridgehead atoms. The van der Waals surface area contributed by atoms with Gasteiger partial charge in [0, 0.05) is 32.1 Å². The Bertz CT molecular complexity index is 803. The van der Waals surface area contributed by atoms with Gasteiger partial charge < -0.3 is 19.0 Å². The molecule has 8 nitrogen and oxygen atoms in total. The summed E-state index contributed by atoms with van der Waals surface area (Å²) in [4.78, 5) is 16.9. The lowest BCUT2D eigenvalue weighted by Crippen LogP contribution is -2.40. The van der Waals surface area contributed by atoms with E-state index in [0.29, 0.717) is 44.0 Å². The Morgan fingerprint density at radius 3 is 2.66 bits per heavy atom. The van der Waals surface area contributed by atoms with Crippen LogP contribution in [0, 0.1) is 6.92 Å². The van der Waals surface area contributed by atoms with Gasteiger partial charge in [-0.05, 0) is 44.9 Å². The molecule has 2 aromatic heterocycles. The molecule has 29 heavy (non-hydrogen) atoms. The topological polar surface area (TPSA) is 76.6 Å². The average molecular weight is 402 g/mol. The van der Waals surface area contributed by atoms with Crippen molar-refractivity contribution < 1.29 is 13.9 Å². The van der Waals surface area contributed by atoms with Crippen molar-refractivity contribution in [1.82, 2.24) is 24.8 Å². The molecular formula is C21H31N5O3. The second-order valence-corrected chi connectivity index (χ2v) is 8.20. The molecule has 2 fully saturated rings. The summed E-state index contributed by atoms with van der Waals surface area (Å²) in [6.07, 6.45) is 4.98. The molecule has 0 radical (unpaired) electrons. The first-order valence-corrected chi connectivity index (χ1v) is 10.7. The number of carbonyl (C=O) groups is 1. The fraction of sp³-hybridized carbons (Fsp3) is 0.667. The van der Waals surface area contributed by atoms with Gasteiger partial charge in [-0.25, -0.2) is 4.68 Å². The zero-order valence-corrected chi connectivity index (χ0v) is 17.4. The molecule has 0 aliphatic carbocycles. The summed E-state index contributed by atoms with van der Waals surface area (Å²) in [6, 6.07) is 4.44. The first-order chi connectivity index (χ1) is 14.1. The van der Waals surface area contributed by atoms with Crippen LogP contribution in [-0.2, 0) is 4.74 Å². The largest absolute Gasteiger partial charge is 0.466 e. The van der Waals surface area contributed by atoms with E-state index in [-0.39, 0.29) is 5.91 Å². The number of rotatable bonds is 6. The predicted octanol–water partition coefficient (Wildman–Crippen LogP) is 2.48. The highest BCUT2D eigenvalue weighted by molar-refractivity contribution is 5.92. The Morgan fingerprint density at radius 1 is 1.21 bits per heavy atom. The SMILES string of the molecule is Cc1ccc([C@H](C)CCN2CCC(n3cc(C(=O)N4CCOCC4)nn3)CC2)o1. The Kier molecular flexibility index (Phi) is 6.30. The zero-order valence-electron chi connectivity index (χ0n) is 17.4. The molecule has 8 heteroatoms. The Balaban J connectivity index is 1.24. The van der Waals surface area contributed by atoms with Gasteiger partial charge in [0.15, 0.2) is 5.69 Å². The highest BCUT2D eigenvalue weighted by Crippen LogP contribution is 2.25. The maximum atomic E-state index is 12.6. The van der Waals surface area contributed by atoms with Crippen LogP contribution in [-0.4, -0.2) is 76.6 Å². The number of likely N-dealkylation sites (tertiary alicyclic amines) is 1. The van der Waals surface area contributed by atoms with Crippen LogP contribution in [0.25, 0.3) is 0 Å². The number of piperidine rings is 1. The van der Waals surface area contributed by atoms with E-state index >= 15 is 0 Å². The standard InChI is InChI=1S/C21H31N5O3/c1-16(20-4-3-17(2)29-20)5-8-24-9-6-18(7-10-24)26-15-19(22-23-26)21(27)25-11-13-28-14-12-25/h3-4,15-16,18H,5-14H2,1-2H3/t16-/m1/s1. The molecule has 2 aliphatic heterocycles. The number of aryl methyl sites for hydroxylation is 1. The molecule has 4 heterocycles. The van der Waals surface area contributed by atoms with E-state index in [1.165, 1.54) is 0 Å². The lowest BCUT2D eigenvalue weighted by atomic mass is 10.0. The minimum atomic E-state index is -0.0425. The minimum absolute atomic E-state index is 0.0425. The second-order valence-electron chi connectivity index (χ2n) is 8.20. The van der Waals surface area contributed by atoms with Gasteiger partial charge in [0.2, 0.25) is 0 Å². The smallest absolute Gasteiger partial charge is 0.276 e. The van der Waals surface area contributed by atoms with Gasteiger partial charge in [-0.1, -0.05) is 12.1 Å². The van der Waals surface area contributed by atoms with Crippen molar-refractivity contribution in [3.8, 4) is 0 Å². The van der Waals surface area contributed by atoms with Crippen LogP contribution in [0.2, 0.25) is 0 Å². The van der Waals surface area contributed by atoms with Crippen LogP contribution < -0.4 is 0 Å². The lowest BCUT2D eigenvalue weighted by Gasteiger charge is -2.32. The molecule has 0 spiro atoms. The van der Waals surface area contributed by atoms with E-state index < -0.39 is 0 Å². The van der Waals surface area contributed by atoms with E-state index in [2.05, 4.69) is 28.2 Å². The summed E-state index contributed by atoms with van der Waals surface area (Å²) >= 11 is 0. The number of morpholine rings is 1. The highest BCUT2D eigenvalue weighted by Gasteiger charge is 2.25. The van der Waals surface area contributed by atoms with Crippen molar-refractivity contribution in [3.05, 3.63) is 35.5 Å². The van der Waals surface area contributed by atoms with E-state index in [0.717, 1.165) is 50.4 Å². The molecule has 2 saturated heterocycles. The summed E-state index contributed by atoms with van der Waals surface area (Å²) in [5.74, 6) is 2.45. The second kappa shape index (κ2) is 9.09. The summed E-state index contributed by atoms with van der Waals surface area (Å²) < 4.78 is 13.0. The van der Waals surface area contributed by atoms with E-state index in [4.69, 9.17) is 9.15 Å². The maximum Gasteiger partial charge on any atom is 0.276 e. The van der Waals surface area contributed by atoms with Gasteiger partial charge in [-0.2, -0.15) is 0 Å². The van der Waals surface area contributed by atoms with Crippen molar-refractivity contribution in [2.75, 3.05) is 45.9 Å². The molecule has 0 aromatic carbocycles. The Labute approximate surface area is 171 Å². The monoisotopic (exact) mass is 401 g/mol. The van der Waals surface area contributed by atoms with Gasteiger partial charge in [0.1, 0.15) is 11.5 Å². The van der Waals surface area contributed by atoms with Gasteiger partial charge in [-0.15, -0.1) is 5.10 Å². The Morgan fingerprint density at radius 2 is 1.97 bits per heavy atom. The quantitative estimate of drug-likeness (QED) is 0.740. The van der Waals surface area contributed by atoms with Crippen molar-refractivity contribution >= 4 is 5.91 Å². The van der Waals surface area contributed by atoms with E-state index in [1.807, 2.05) is 23.9 Å². The predicted molar refractivity (Wildman–Crippen MR) is 108 cm³/mol. The summed E-state index contributed by atoms with van der Waals surface area (Å²) in [6.45, 7) is 9.82. The van der Waals surface area contributed by atoms with Crippen molar-refractivity contribution in [1.29, 1.82) is 0 Å². The maximum absolute atomic E-state index is 12.6. The third kappa shape index (κ3) is 4.87. The fourth-order valence-electron chi connectivity index (χ4n) is 4.13. The third-order valence-corrected chi connectivity index (χ3v) is 6.08. The minimum Gasteiger partial charge on any atom is -0.466 e. The number of ether oxygens (including phenoxy) is 1. The fourth-order valence-corrected chi connectivity index (χ4v) is 4.13. The van der Waals surface area contributed by atoms with Crippen molar-refractivity contribution in [2.24, 2.45) is 0 Å². The number of hydrogen-bond acceptors (Lipinski definition) is 6. The van der Waals surface area contributed by atoms with Gasteiger partial charge in [0.05, 0.1) is 25.5 Å². The first-order valence-electron chi connectivity index (χ1n) is 10.7. The molecule has 0 unspecified atom stereocenters. The highest BCUT2D eigenvalue weighted by atomic mass is 16.5. The number of nitrogens with zero attached hydrogens (tertiary/aromatic N) is 5. The molecule has 0 N–H and O–H groups in total. The van der Waals surface area contributed by atoms with Crippen LogP contribution in [0.4, 0.5) is 0 Å². The van der Waals surface area contributed by atoms with Gasteiger partial charge >= 0.3 is 0 Å². The molecule has 0 saturated carbocycles. The van der Waals surface area contributed by atoms with Crippen LogP contribution in [0.3, 0.4) is 0 Å². The van der Waals surface area contributed by atoms with Crippen LogP contribution in [0.5, 0.6) is 0 Å². The van der Waals surface area contributed by atoms with Crippen molar-refractivity contribution in [3.63, 3.8) is 0 Å². The number of furan rings is 1. The van der Waals surface area contributed by atoms with E-state index in [1.54, 1.807) is 4.90 Å². The van der Waals surface area contributed by atoms with Gasteiger partial charge in [0.25, 0.3) is 5.91 Å². The van der Waals surface area contributed by atoms with E-state index in [9.17, 15) is 4.79 Å². The van der Waals surface area contributed by atoms with Crippen LogP contribution >= 0.6 is 0 Å². The Hall–Kier alpha value is -2.19. The number of aromatic nitrogens is 3. The number of hydrogen-bond donors (Lipinski definition) is 0. The number of amides is 1. The molecule has 1 amide bonds. The summed E-state index contributed by atoms with van der Waals surface area (Å²) in [5, 5.41) is 8.39. The zero-order chi connectivity index (χ0) is 20.2. The molecular weight excluding hydrogens is 370 g/mol. The molecule has 4 rings (SSSR count). The molecule has 2 aromatic rings. The molecule has 2 aliphatic rings. The van der Waals surface area contributed by atoms with Crippen LogP contribution in [0.1, 0.15) is 60.2 Å². The number of carbonyl (C=O) groups excluding carboxylic acids is 1. The third-order valence-electron chi connectivity index (χ3n) is 6.08. The van der Waals surface area contributed by atoms with Gasteiger partial charge in [-0.3, -0.25) is 4.79 Å². The summed E-state index contributed by atoms with van der Waals surface area (Å²) in [7, 11) is 0. The summed E-state index contributed by atoms with van der Waals surface area (Å²) in [5.41, 5.74) is 0.442. The normalized spacial score (nSPS) is 20.1. The molecule has 1 atom stereocenters. The van der Waals surface area contributed by atoms with Crippen molar-refractivity contribution in [2.45, 2.75) is 45.1 Å². The first kappa shape index (κ1) is 20.1. The average Bonchev–Trinajstić information content (AvgIpc) is 3.42.